The lowest BCUT2D eigenvalue weighted by Crippen LogP contribution is -2.46. The van der Waals surface area contributed by atoms with Gasteiger partial charge in [0.25, 0.3) is 0 Å². The van der Waals surface area contributed by atoms with Crippen LogP contribution in [-0.2, 0) is 33.6 Å². The highest BCUT2D eigenvalue weighted by Crippen LogP contribution is 2.37. The van der Waals surface area contributed by atoms with Crippen LogP contribution in [0.4, 0.5) is 11.4 Å². The SMILES string of the molecule is CCCCN(CC1CO1)c1ccc(C(C)(C)c2ccc(C(C)(C)c3ccc(N(CCC[Si](OCC)(OCC)OCC)CC4CO4)cc3)cc2)cc1. The number of ether oxygens (including phenoxy) is 2. The Morgan fingerprint density at radius 2 is 0.902 bits per heavy atom. The molecular formula is C43H64N2O5Si. The Hall–Kier alpha value is -2.72. The van der Waals surface area contributed by atoms with Crippen molar-refractivity contribution in [1.29, 1.82) is 0 Å². The van der Waals surface area contributed by atoms with Crippen LogP contribution in [0.5, 0.6) is 0 Å². The molecule has 0 saturated carbocycles. The van der Waals surface area contributed by atoms with Gasteiger partial charge in [0.2, 0.25) is 0 Å². The second kappa shape index (κ2) is 17.9. The molecule has 8 heteroatoms. The maximum Gasteiger partial charge on any atom is 0.500 e. The van der Waals surface area contributed by atoms with Crippen LogP contribution in [0.2, 0.25) is 6.04 Å². The van der Waals surface area contributed by atoms with E-state index < -0.39 is 8.80 Å². The highest BCUT2D eigenvalue weighted by atomic mass is 28.4. The Balaban J connectivity index is 1.25. The van der Waals surface area contributed by atoms with Gasteiger partial charge in [-0.1, -0.05) is 89.6 Å². The summed E-state index contributed by atoms with van der Waals surface area (Å²) in [7, 11) is -2.67. The van der Waals surface area contributed by atoms with Crippen LogP contribution in [-0.4, -0.2) is 80.2 Å². The zero-order chi connectivity index (χ0) is 36.5. The summed E-state index contributed by atoms with van der Waals surface area (Å²) in [6.07, 6.45) is 4.03. The van der Waals surface area contributed by atoms with Gasteiger partial charge in [-0.2, -0.15) is 0 Å². The predicted octanol–water partition coefficient (Wildman–Crippen LogP) is 8.99. The molecule has 0 N–H and O–H groups in total. The van der Waals surface area contributed by atoms with Crippen molar-refractivity contribution >= 4 is 20.2 Å². The van der Waals surface area contributed by atoms with Crippen LogP contribution >= 0.6 is 0 Å². The van der Waals surface area contributed by atoms with E-state index in [-0.39, 0.29) is 10.8 Å². The topological polar surface area (TPSA) is 59.2 Å². The molecule has 2 aliphatic heterocycles. The Labute approximate surface area is 309 Å². The minimum absolute atomic E-state index is 0.110. The Kier molecular flexibility index (Phi) is 13.8. The first kappa shape index (κ1) is 39.5. The summed E-state index contributed by atoms with van der Waals surface area (Å²) in [6.45, 7) is 25.0. The number of hydrogen-bond donors (Lipinski definition) is 0. The largest absolute Gasteiger partial charge is 0.500 e. The van der Waals surface area contributed by atoms with Crippen molar-refractivity contribution in [3.05, 3.63) is 95.1 Å². The normalized spacial score (nSPS) is 17.4. The Morgan fingerprint density at radius 3 is 1.22 bits per heavy atom. The van der Waals surface area contributed by atoms with Gasteiger partial charge in [0, 0.05) is 74.2 Å². The van der Waals surface area contributed by atoms with Crippen molar-refractivity contribution in [1.82, 2.24) is 0 Å². The van der Waals surface area contributed by atoms with Crippen molar-refractivity contribution in [2.45, 2.75) is 104 Å². The number of unbranched alkanes of at least 4 members (excludes halogenated alkanes) is 1. The molecule has 2 aliphatic rings. The van der Waals surface area contributed by atoms with E-state index in [1.54, 1.807) is 0 Å². The zero-order valence-electron chi connectivity index (χ0n) is 32.7. The predicted molar refractivity (Wildman–Crippen MR) is 212 cm³/mol. The molecule has 3 aromatic carbocycles. The fraction of sp³-hybridized carbons (Fsp3) is 0.581. The number of anilines is 2. The van der Waals surface area contributed by atoms with Crippen LogP contribution in [0.1, 0.15) is 96.9 Å². The highest BCUT2D eigenvalue weighted by Gasteiger charge is 2.40. The molecule has 2 unspecified atom stereocenters. The summed E-state index contributed by atoms with van der Waals surface area (Å²) in [5.74, 6) is 0. The molecule has 0 aromatic heterocycles. The van der Waals surface area contributed by atoms with E-state index in [0.717, 1.165) is 51.9 Å². The number of benzene rings is 3. The summed E-state index contributed by atoms with van der Waals surface area (Å²) in [6, 6.07) is 28.5. The molecule has 51 heavy (non-hydrogen) atoms. The highest BCUT2D eigenvalue weighted by molar-refractivity contribution is 6.60. The monoisotopic (exact) mass is 716 g/mol. The molecule has 2 heterocycles. The summed E-state index contributed by atoms with van der Waals surface area (Å²) in [5.41, 5.74) is 7.53. The van der Waals surface area contributed by atoms with Crippen molar-refractivity contribution in [2.24, 2.45) is 0 Å². The average molecular weight is 717 g/mol. The number of hydrogen-bond acceptors (Lipinski definition) is 7. The lowest BCUT2D eigenvalue weighted by Gasteiger charge is -2.31. The van der Waals surface area contributed by atoms with Gasteiger partial charge in [0.1, 0.15) is 0 Å². The number of rotatable bonds is 23. The molecule has 3 aromatic rings. The quantitative estimate of drug-likeness (QED) is 0.0718. The summed E-state index contributed by atoms with van der Waals surface area (Å²) in [4.78, 5) is 4.94. The van der Waals surface area contributed by atoms with Crippen LogP contribution in [0.25, 0.3) is 0 Å². The van der Waals surface area contributed by atoms with E-state index in [1.165, 1.54) is 46.5 Å². The molecule has 280 valence electrons. The van der Waals surface area contributed by atoms with Gasteiger partial charge in [-0.15, -0.1) is 0 Å². The van der Waals surface area contributed by atoms with Gasteiger partial charge >= 0.3 is 8.80 Å². The molecule has 0 spiro atoms. The first-order chi connectivity index (χ1) is 24.5. The first-order valence-electron chi connectivity index (χ1n) is 19.5. The van der Waals surface area contributed by atoms with E-state index in [4.69, 9.17) is 22.8 Å². The smallest absolute Gasteiger partial charge is 0.374 e. The van der Waals surface area contributed by atoms with Crippen LogP contribution < -0.4 is 9.80 Å². The maximum absolute atomic E-state index is 6.12. The van der Waals surface area contributed by atoms with Gasteiger partial charge in [0.05, 0.1) is 25.4 Å². The molecule has 2 atom stereocenters. The standard InChI is InChI=1S/C43H64N2O5Si/c1-9-13-27-44(30-40-32-46-40)38-23-19-36(20-24-38)42(5,6)34-15-17-35(18-16-34)43(7,8)37-21-25-39(26-22-37)45(31-41-33-47-41)28-14-29-51(48-10-2,49-11-3)50-12-4/h15-26,40-41H,9-14,27-33H2,1-8H3. The summed E-state index contributed by atoms with van der Waals surface area (Å²) >= 11 is 0. The van der Waals surface area contributed by atoms with Gasteiger partial charge < -0.3 is 32.6 Å². The average Bonchev–Trinajstić information content (AvgIpc) is 4.08. The zero-order valence-corrected chi connectivity index (χ0v) is 33.7. The minimum atomic E-state index is -2.67. The molecule has 0 bridgehead atoms. The fourth-order valence-corrected chi connectivity index (χ4v) is 9.74. The third-order valence-electron chi connectivity index (χ3n) is 10.7. The number of epoxide rings is 2. The molecule has 7 nitrogen and oxygen atoms in total. The van der Waals surface area contributed by atoms with Crippen LogP contribution in [0.15, 0.2) is 72.8 Å². The molecule has 2 saturated heterocycles. The van der Waals surface area contributed by atoms with E-state index in [9.17, 15) is 0 Å². The Bertz CT molecular complexity index is 1450. The molecular weight excluding hydrogens is 653 g/mol. The van der Waals surface area contributed by atoms with E-state index in [2.05, 4.69) is 117 Å². The van der Waals surface area contributed by atoms with Crippen molar-refractivity contribution in [3.8, 4) is 0 Å². The molecule has 0 radical (unpaired) electrons. The molecule has 2 fully saturated rings. The third-order valence-corrected chi connectivity index (χ3v) is 13.8. The van der Waals surface area contributed by atoms with Crippen LogP contribution in [0.3, 0.4) is 0 Å². The van der Waals surface area contributed by atoms with Gasteiger partial charge in [-0.3, -0.25) is 0 Å². The second-order valence-corrected chi connectivity index (χ2v) is 17.9. The maximum atomic E-state index is 6.12. The summed E-state index contributed by atoms with van der Waals surface area (Å²) < 4.78 is 29.5. The van der Waals surface area contributed by atoms with Gasteiger partial charge in [0.15, 0.2) is 0 Å². The number of nitrogens with zero attached hydrogens (tertiary/aromatic N) is 2. The summed E-state index contributed by atoms with van der Waals surface area (Å²) in [5, 5.41) is 0. The Morgan fingerprint density at radius 1 is 0.569 bits per heavy atom. The molecule has 0 aliphatic carbocycles. The lowest BCUT2D eigenvalue weighted by molar-refractivity contribution is 0.0709. The van der Waals surface area contributed by atoms with Crippen LogP contribution in [0, 0.1) is 0 Å². The fourth-order valence-electron chi connectivity index (χ4n) is 7.14. The lowest BCUT2D eigenvalue weighted by atomic mass is 9.74. The molecule has 5 rings (SSSR count). The van der Waals surface area contributed by atoms with E-state index in [0.29, 0.717) is 32.0 Å². The minimum Gasteiger partial charge on any atom is -0.374 e. The van der Waals surface area contributed by atoms with Crippen molar-refractivity contribution < 1.29 is 22.8 Å². The van der Waals surface area contributed by atoms with Crippen molar-refractivity contribution in [3.63, 3.8) is 0 Å². The second-order valence-electron chi connectivity index (χ2n) is 15.2. The van der Waals surface area contributed by atoms with E-state index >= 15 is 0 Å². The van der Waals surface area contributed by atoms with Crippen molar-refractivity contribution in [2.75, 3.05) is 69.0 Å². The van der Waals surface area contributed by atoms with Gasteiger partial charge in [-0.25, -0.2) is 0 Å². The first-order valence-corrected chi connectivity index (χ1v) is 21.5. The van der Waals surface area contributed by atoms with Gasteiger partial charge in [-0.05, 0) is 80.1 Å². The van der Waals surface area contributed by atoms with E-state index in [1.807, 2.05) is 20.8 Å². The molecule has 0 amide bonds. The third kappa shape index (κ3) is 10.5.